The average molecular weight is 293 g/mol. The van der Waals surface area contributed by atoms with Gasteiger partial charge in [0.1, 0.15) is 6.04 Å². The Morgan fingerprint density at radius 2 is 2.19 bits per heavy atom. The Kier molecular flexibility index (Phi) is 5.41. The van der Waals surface area contributed by atoms with Gasteiger partial charge in [-0.2, -0.15) is 0 Å². The molecule has 8 nitrogen and oxygen atoms in total. The fourth-order valence-electron chi connectivity index (χ4n) is 1.66. The number of nitrogens with zero attached hydrogens (tertiary/aromatic N) is 1. The summed E-state index contributed by atoms with van der Waals surface area (Å²) in [6.45, 7) is 4.90. The molecule has 0 saturated heterocycles. The van der Waals surface area contributed by atoms with Gasteiger partial charge < -0.3 is 15.7 Å². The van der Waals surface area contributed by atoms with E-state index in [0.29, 0.717) is 0 Å². The van der Waals surface area contributed by atoms with Gasteiger partial charge in [0.05, 0.1) is 16.2 Å². The minimum absolute atomic E-state index is 0.0661. The maximum Gasteiger partial charge on any atom is 0.326 e. The monoisotopic (exact) mass is 293 g/mol. The van der Waals surface area contributed by atoms with Crippen molar-refractivity contribution in [2.75, 3.05) is 5.32 Å². The summed E-state index contributed by atoms with van der Waals surface area (Å²) in [5.41, 5.74) is 0.395. The standard InChI is InChI=1S/C13H15N3O5/c1-3-5-10(12(17)18)15-13(19)14-9-6-4-7-11(8(9)2)16(20)21/h3-4,6-7,10H,1,5H2,2H3,(H,17,18)(H2,14,15,19). The van der Waals surface area contributed by atoms with Crippen molar-refractivity contribution in [2.45, 2.75) is 19.4 Å². The third-order valence-electron chi connectivity index (χ3n) is 2.76. The lowest BCUT2D eigenvalue weighted by molar-refractivity contribution is -0.385. The second-order valence-corrected chi connectivity index (χ2v) is 4.22. The number of hydrogen-bond donors (Lipinski definition) is 3. The SMILES string of the molecule is C=CCC(NC(=O)Nc1cccc([N+](=O)[O-])c1C)C(=O)O. The van der Waals surface area contributed by atoms with Gasteiger partial charge in [-0.25, -0.2) is 9.59 Å². The van der Waals surface area contributed by atoms with E-state index < -0.39 is 23.0 Å². The zero-order chi connectivity index (χ0) is 16.0. The molecule has 21 heavy (non-hydrogen) atoms. The number of carboxylic acids is 1. The molecule has 8 heteroatoms. The van der Waals surface area contributed by atoms with Crippen molar-refractivity contribution >= 4 is 23.4 Å². The van der Waals surface area contributed by atoms with E-state index >= 15 is 0 Å². The van der Waals surface area contributed by atoms with Gasteiger partial charge in [-0.05, 0) is 19.4 Å². The topological polar surface area (TPSA) is 122 Å². The minimum atomic E-state index is -1.19. The van der Waals surface area contributed by atoms with E-state index in [2.05, 4.69) is 17.2 Å². The predicted molar refractivity (Wildman–Crippen MR) is 76.2 cm³/mol. The number of anilines is 1. The van der Waals surface area contributed by atoms with Crippen LogP contribution in [0.25, 0.3) is 0 Å². The third kappa shape index (κ3) is 4.30. The highest BCUT2D eigenvalue weighted by molar-refractivity contribution is 5.93. The molecule has 3 N–H and O–H groups in total. The van der Waals surface area contributed by atoms with Crippen LogP contribution in [0.2, 0.25) is 0 Å². The van der Waals surface area contributed by atoms with Crippen molar-refractivity contribution in [1.82, 2.24) is 5.32 Å². The second kappa shape index (κ2) is 7.04. The van der Waals surface area contributed by atoms with Crippen LogP contribution in [0, 0.1) is 17.0 Å². The number of aliphatic carboxylic acids is 1. The van der Waals surface area contributed by atoms with E-state index in [0.717, 1.165) is 0 Å². The fourth-order valence-corrected chi connectivity index (χ4v) is 1.66. The number of nitrogens with one attached hydrogen (secondary N) is 2. The summed E-state index contributed by atoms with van der Waals surface area (Å²) in [5, 5.41) is 24.4. The maximum absolute atomic E-state index is 11.7. The average Bonchev–Trinajstić information content (AvgIpc) is 2.40. The maximum atomic E-state index is 11.7. The third-order valence-corrected chi connectivity index (χ3v) is 2.76. The Balaban J connectivity index is 2.84. The van der Waals surface area contributed by atoms with E-state index in [9.17, 15) is 19.7 Å². The van der Waals surface area contributed by atoms with Crippen LogP contribution in [0.3, 0.4) is 0 Å². The zero-order valence-electron chi connectivity index (χ0n) is 11.3. The first-order valence-corrected chi connectivity index (χ1v) is 6.02. The lowest BCUT2D eigenvalue weighted by Gasteiger charge is -2.14. The molecule has 0 heterocycles. The van der Waals surface area contributed by atoms with Crippen molar-refractivity contribution < 1.29 is 19.6 Å². The van der Waals surface area contributed by atoms with Gasteiger partial charge in [-0.15, -0.1) is 6.58 Å². The number of urea groups is 1. The van der Waals surface area contributed by atoms with Gasteiger partial charge in [-0.1, -0.05) is 12.1 Å². The molecule has 1 unspecified atom stereocenters. The second-order valence-electron chi connectivity index (χ2n) is 4.22. The Morgan fingerprint density at radius 3 is 2.71 bits per heavy atom. The van der Waals surface area contributed by atoms with Crippen molar-refractivity contribution in [3.63, 3.8) is 0 Å². The number of carbonyl (C=O) groups is 2. The number of carbonyl (C=O) groups excluding carboxylic acids is 1. The quantitative estimate of drug-likeness (QED) is 0.421. The molecule has 0 aliphatic heterocycles. The molecule has 112 valence electrons. The molecule has 0 bridgehead atoms. The van der Waals surface area contributed by atoms with Gasteiger partial charge in [-0.3, -0.25) is 10.1 Å². The predicted octanol–water partition coefficient (Wildman–Crippen LogP) is 2.05. The lowest BCUT2D eigenvalue weighted by atomic mass is 10.1. The molecule has 0 aliphatic rings. The highest BCUT2D eigenvalue weighted by Gasteiger charge is 2.20. The summed E-state index contributed by atoms with van der Waals surface area (Å²) in [4.78, 5) is 32.9. The Morgan fingerprint density at radius 1 is 1.52 bits per heavy atom. The number of benzene rings is 1. The molecular weight excluding hydrogens is 278 g/mol. The van der Waals surface area contributed by atoms with E-state index in [1.165, 1.54) is 31.2 Å². The molecule has 0 saturated carbocycles. The smallest absolute Gasteiger partial charge is 0.326 e. The van der Waals surface area contributed by atoms with Crippen molar-refractivity contribution in [2.24, 2.45) is 0 Å². The molecule has 0 spiro atoms. The lowest BCUT2D eigenvalue weighted by Crippen LogP contribution is -2.42. The number of hydrogen-bond acceptors (Lipinski definition) is 4. The fraction of sp³-hybridized carbons (Fsp3) is 0.231. The highest BCUT2D eigenvalue weighted by Crippen LogP contribution is 2.24. The number of carboxylic acid groups (broad SMARTS) is 1. The van der Waals surface area contributed by atoms with Gasteiger partial charge in [0.2, 0.25) is 0 Å². The molecule has 0 aromatic heterocycles. The molecule has 1 aromatic rings. The minimum Gasteiger partial charge on any atom is -0.480 e. The molecular formula is C13H15N3O5. The van der Waals surface area contributed by atoms with Crippen LogP contribution in [0.1, 0.15) is 12.0 Å². The van der Waals surface area contributed by atoms with Crippen LogP contribution in [0.5, 0.6) is 0 Å². The first-order chi connectivity index (χ1) is 9.86. The molecule has 1 rings (SSSR count). The van der Waals surface area contributed by atoms with Crippen LogP contribution in [0.15, 0.2) is 30.9 Å². The zero-order valence-corrected chi connectivity index (χ0v) is 11.3. The number of nitro benzene ring substituents is 1. The van der Waals surface area contributed by atoms with E-state index in [1.54, 1.807) is 0 Å². The first-order valence-electron chi connectivity index (χ1n) is 6.02. The molecule has 0 aliphatic carbocycles. The van der Waals surface area contributed by atoms with Gasteiger partial charge in [0, 0.05) is 6.07 Å². The van der Waals surface area contributed by atoms with Crippen molar-refractivity contribution in [3.05, 3.63) is 46.5 Å². The number of amides is 2. The Labute approximate surface area is 120 Å². The normalized spacial score (nSPS) is 11.3. The summed E-state index contributed by atoms with van der Waals surface area (Å²) in [7, 11) is 0. The largest absolute Gasteiger partial charge is 0.480 e. The Bertz CT molecular complexity index is 585. The van der Waals surface area contributed by atoms with Crippen LogP contribution in [-0.4, -0.2) is 28.1 Å². The highest BCUT2D eigenvalue weighted by atomic mass is 16.6. The van der Waals surface area contributed by atoms with E-state index in [4.69, 9.17) is 5.11 Å². The first kappa shape index (κ1) is 16.2. The van der Waals surface area contributed by atoms with Gasteiger partial charge in [0.15, 0.2) is 0 Å². The van der Waals surface area contributed by atoms with Gasteiger partial charge in [0.25, 0.3) is 5.69 Å². The number of rotatable bonds is 6. The molecule has 1 atom stereocenters. The van der Waals surface area contributed by atoms with Crippen LogP contribution >= 0.6 is 0 Å². The summed E-state index contributed by atoms with van der Waals surface area (Å²) in [6, 6.07) is 2.37. The molecule has 0 fully saturated rings. The molecule has 0 radical (unpaired) electrons. The van der Waals surface area contributed by atoms with E-state index in [-0.39, 0.29) is 23.4 Å². The van der Waals surface area contributed by atoms with Crippen molar-refractivity contribution in [1.29, 1.82) is 0 Å². The Hall–Kier alpha value is -2.90. The molecule has 1 aromatic carbocycles. The van der Waals surface area contributed by atoms with Crippen LogP contribution < -0.4 is 10.6 Å². The summed E-state index contributed by atoms with van der Waals surface area (Å²) in [6.07, 6.45) is 1.44. The van der Waals surface area contributed by atoms with Crippen LogP contribution in [0.4, 0.5) is 16.2 Å². The summed E-state index contributed by atoms with van der Waals surface area (Å²) < 4.78 is 0. The number of nitro groups is 1. The van der Waals surface area contributed by atoms with E-state index in [1.807, 2.05) is 0 Å². The van der Waals surface area contributed by atoms with Crippen molar-refractivity contribution in [3.8, 4) is 0 Å². The molecule has 2 amide bonds. The van der Waals surface area contributed by atoms with Crippen LogP contribution in [-0.2, 0) is 4.79 Å². The van der Waals surface area contributed by atoms with Gasteiger partial charge >= 0.3 is 12.0 Å². The summed E-state index contributed by atoms with van der Waals surface area (Å²) >= 11 is 0. The summed E-state index contributed by atoms with van der Waals surface area (Å²) in [5.74, 6) is -1.19.